The molecular formula is C17H15Hf-. The van der Waals surface area contributed by atoms with E-state index in [0.29, 0.717) is 0 Å². The summed E-state index contributed by atoms with van der Waals surface area (Å²) in [5.41, 5.74) is 2.55. The Morgan fingerprint density at radius 2 is 1.22 bits per heavy atom. The number of hydrogen-bond acceptors (Lipinski definition) is 0. The topological polar surface area (TPSA) is 0 Å². The summed E-state index contributed by atoms with van der Waals surface area (Å²) in [7, 11) is 0. The van der Waals surface area contributed by atoms with Crippen LogP contribution in [0.1, 0.15) is 6.42 Å². The largest absolute Gasteiger partial charge is 0.273 e. The van der Waals surface area contributed by atoms with Crippen LogP contribution in [0.2, 0.25) is 0 Å². The number of rotatable bonds is 1. The van der Waals surface area contributed by atoms with Crippen molar-refractivity contribution in [3.63, 3.8) is 0 Å². The van der Waals surface area contributed by atoms with Gasteiger partial charge >= 0.3 is 0 Å². The van der Waals surface area contributed by atoms with Crippen molar-refractivity contribution < 1.29 is 25.8 Å². The van der Waals surface area contributed by atoms with Crippen LogP contribution >= 0.6 is 0 Å². The van der Waals surface area contributed by atoms with Gasteiger partial charge in [0.1, 0.15) is 0 Å². The molecule has 0 saturated heterocycles. The Morgan fingerprint density at radius 3 is 1.50 bits per heavy atom. The fourth-order valence-corrected chi connectivity index (χ4v) is 1.60. The minimum Gasteiger partial charge on any atom is -0.273 e. The molecule has 0 N–H and O–H groups in total. The Bertz CT molecular complexity index is 436. The van der Waals surface area contributed by atoms with E-state index in [1.165, 1.54) is 11.1 Å². The predicted octanol–water partition coefficient (Wildman–Crippen LogP) is 4.66. The van der Waals surface area contributed by atoms with Crippen molar-refractivity contribution in [2.45, 2.75) is 6.42 Å². The molecule has 0 spiro atoms. The molecule has 0 saturated carbocycles. The first-order chi connectivity index (χ1) is 8.47. The van der Waals surface area contributed by atoms with Crippen LogP contribution in [-0.2, 0) is 25.8 Å². The van der Waals surface area contributed by atoms with Crippen LogP contribution in [0.3, 0.4) is 0 Å². The van der Waals surface area contributed by atoms with Gasteiger partial charge in [0.25, 0.3) is 0 Å². The van der Waals surface area contributed by atoms with Gasteiger partial charge in [-0.25, -0.2) is 12.2 Å². The van der Waals surface area contributed by atoms with E-state index in [1.54, 1.807) is 0 Å². The third-order valence-corrected chi connectivity index (χ3v) is 2.47. The molecule has 0 unspecified atom stereocenters. The molecule has 2 aromatic carbocycles. The molecule has 2 aromatic rings. The summed E-state index contributed by atoms with van der Waals surface area (Å²) in [5, 5.41) is 0. The first-order valence-corrected chi connectivity index (χ1v) is 5.79. The molecule has 0 amide bonds. The van der Waals surface area contributed by atoms with E-state index in [1.807, 2.05) is 24.3 Å². The van der Waals surface area contributed by atoms with E-state index < -0.39 is 0 Å². The van der Waals surface area contributed by atoms with E-state index in [-0.39, 0.29) is 25.8 Å². The van der Waals surface area contributed by atoms with Crippen LogP contribution < -0.4 is 0 Å². The number of hydrogen-bond donors (Lipinski definition) is 0. The molecule has 1 aliphatic rings. The van der Waals surface area contributed by atoms with E-state index in [4.69, 9.17) is 0 Å². The van der Waals surface area contributed by atoms with Crippen LogP contribution in [-0.4, -0.2) is 0 Å². The summed E-state index contributed by atoms with van der Waals surface area (Å²) in [6.07, 6.45) is 10.0. The van der Waals surface area contributed by atoms with Crippen LogP contribution in [0, 0.1) is 6.08 Å². The van der Waals surface area contributed by atoms with Crippen molar-refractivity contribution in [1.29, 1.82) is 0 Å². The Labute approximate surface area is 128 Å². The standard InChI is InChI=1S/C12H10.C5H5.Hf/c1-3-7-11(8-4-1)12-9-5-2-6-10-12;1-2-4-5-3-1;/h1-10H;1-3H,4H2;/q;-1;. The van der Waals surface area contributed by atoms with Gasteiger partial charge in [-0.3, -0.25) is 6.08 Å². The summed E-state index contributed by atoms with van der Waals surface area (Å²) >= 11 is 0. The fourth-order valence-electron chi connectivity index (χ4n) is 1.60. The van der Waals surface area contributed by atoms with Crippen molar-refractivity contribution in [2.75, 3.05) is 0 Å². The fraction of sp³-hybridized carbons (Fsp3) is 0.0588. The monoisotopic (exact) mass is 399 g/mol. The van der Waals surface area contributed by atoms with Crippen molar-refractivity contribution in [3.8, 4) is 11.1 Å². The van der Waals surface area contributed by atoms with Crippen molar-refractivity contribution in [3.05, 3.63) is 85.0 Å². The van der Waals surface area contributed by atoms with Gasteiger partial charge in [0.15, 0.2) is 0 Å². The normalized spacial score (nSPS) is 11.3. The summed E-state index contributed by atoms with van der Waals surface area (Å²) in [6.45, 7) is 0. The summed E-state index contributed by atoms with van der Waals surface area (Å²) in [5.74, 6) is 0. The van der Waals surface area contributed by atoms with E-state index in [0.717, 1.165) is 6.42 Å². The quantitative estimate of drug-likeness (QED) is 0.485. The van der Waals surface area contributed by atoms with Gasteiger partial charge in [-0.2, -0.15) is 6.08 Å². The summed E-state index contributed by atoms with van der Waals surface area (Å²) < 4.78 is 0. The smallest absolute Gasteiger partial charge is 0 e. The summed E-state index contributed by atoms with van der Waals surface area (Å²) in [4.78, 5) is 0. The van der Waals surface area contributed by atoms with Crippen molar-refractivity contribution in [1.82, 2.24) is 0 Å². The Balaban J connectivity index is 0.000000230. The van der Waals surface area contributed by atoms with Crippen molar-refractivity contribution >= 4 is 0 Å². The van der Waals surface area contributed by atoms with Gasteiger partial charge in [0.05, 0.1) is 0 Å². The Kier molecular flexibility index (Phi) is 7.28. The van der Waals surface area contributed by atoms with Gasteiger partial charge in [0, 0.05) is 25.8 Å². The van der Waals surface area contributed by atoms with Gasteiger partial charge in [-0.1, -0.05) is 60.7 Å². The summed E-state index contributed by atoms with van der Waals surface area (Å²) in [6, 6.07) is 20.8. The third kappa shape index (κ3) is 4.97. The molecular weight excluding hydrogens is 383 g/mol. The second-order valence-electron chi connectivity index (χ2n) is 3.74. The first kappa shape index (κ1) is 14.8. The zero-order valence-corrected chi connectivity index (χ0v) is 13.8. The second kappa shape index (κ2) is 8.82. The van der Waals surface area contributed by atoms with Crippen LogP contribution in [0.25, 0.3) is 11.1 Å². The van der Waals surface area contributed by atoms with Gasteiger partial charge < -0.3 is 0 Å². The average Bonchev–Trinajstić information content (AvgIpc) is 3.00. The first-order valence-electron chi connectivity index (χ1n) is 5.79. The van der Waals surface area contributed by atoms with E-state index in [2.05, 4.69) is 60.7 Å². The molecule has 3 rings (SSSR count). The van der Waals surface area contributed by atoms with Crippen molar-refractivity contribution in [2.24, 2.45) is 0 Å². The van der Waals surface area contributed by atoms with Crippen LogP contribution in [0.4, 0.5) is 0 Å². The Hall–Kier alpha value is -1.21. The molecule has 1 aliphatic carbocycles. The van der Waals surface area contributed by atoms with Gasteiger partial charge in [-0.15, -0.1) is 6.42 Å². The minimum absolute atomic E-state index is 0. The maximum Gasteiger partial charge on any atom is 0 e. The maximum absolute atomic E-state index is 2.99. The molecule has 0 heterocycles. The molecule has 0 bridgehead atoms. The molecule has 0 nitrogen and oxygen atoms in total. The number of allylic oxidation sites excluding steroid dienone is 4. The molecule has 18 heavy (non-hydrogen) atoms. The van der Waals surface area contributed by atoms with E-state index in [9.17, 15) is 0 Å². The molecule has 0 fully saturated rings. The molecule has 0 atom stereocenters. The van der Waals surface area contributed by atoms with E-state index >= 15 is 0 Å². The Morgan fingerprint density at radius 1 is 0.722 bits per heavy atom. The molecule has 0 aliphatic heterocycles. The SMILES string of the molecule is [C-]1=CC=CC1.[Hf].c1ccc(-c2ccccc2)cc1. The molecule has 88 valence electrons. The minimum atomic E-state index is 0. The zero-order valence-electron chi connectivity index (χ0n) is 10.2. The van der Waals surface area contributed by atoms with Crippen LogP contribution in [0.5, 0.6) is 0 Å². The number of benzene rings is 2. The second-order valence-corrected chi connectivity index (χ2v) is 3.74. The molecule has 0 aromatic heterocycles. The predicted molar refractivity (Wildman–Crippen MR) is 73.4 cm³/mol. The average molecular weight is 398 g/mol. The van der Waals surface area contributed by atoms with Gasteiger partial charge in [-0.05, 0) is 11.1 Å². The molecule has 0 radical (unpaired) electrons. The maximum atomic E-state index is 2.99. The zero-order chi connectivity index (χ0) is 11.8. The van der Waals surface area contributed by atoms with Crippen LogP contribution in [0.15, 0.2) is 78.9 Å². The molecule has 1 heteroatoms. The third-order valence-electron chi connectivity index (χ3n) is 2.47. The van der Waals surface area contributed by atoms with Gasteiger partial charge in [0.2, 0.25) is 0 Å².